The molecule has 0 radical (unpaired) electrons. The molecule has 0 aromatic heterocycles. The number of halogens is 2. The minimum atomic E-state index is -0.776. The van der Waals surface area contributed by atoms with Crippen molar-refractivity contribution in [3.8, 4) is 6.07 Å². The second-order valence-corrected chi connectivity index (χ2v) is 2.86. The summed E-state index contributed by atoms with van der Waals surface area (Å²) >= 11 is 5.26. The van der Waals surface area contributed by atoms with Gasteiger partial charge in [-0.3, -0.25) is 4.79 Å². The number of benzene rings is 1. The van der Waals surface area contributed by atoms with Gasteiger partial charge in [-0.2, -0.15) is 5.26 Å². The highest BCUT2D eigenvalue weighted by molar-refractivity contribution is 6.30. The van der Waals surface area contributed by atoms with Crippen molar-refractivity contribution in [2.75, 3.05) is 11.6 Å². The van der Waals surface area contributed by atoms with E-state index < -0.39 is 11.6 Å². The molecule has 0 saturated heterocycles. The van der Waals surface area contributed by atoms with Crippen molar-refractivity contribution in [1.82, 2.24) is 0 Å². The van der Waals surface area contributed by atoms with E-state index in [1.54, 1.807) is 6.07 Å². The summed E-state index contributed by atoms with van der Waals surface area (Å²) in [6, 6.07) is 3.76. The number of carbonyl (C=O) groups is 1. The number of nitrogens with two attached hydrogens (primary N) is 1. The zero-order valence-electron chi connectivity index (χ0n) is 7.05. The highest BCUT2D eigenvalue weighted by atomic mass is 35.5. The van der Waals surface area contributed by atoms with E-state index in [1.165, 1.54) is 0 Å². The fourth-order valence-corrected chi connectivity index (χ4v) is 1.12. The van der Waals surface area contributed by atoms with Gasteiger partial charge in [0.05, 0.1) is 22.7 Å². The second-order valence-electron chi connectivity index (χ2n) is 2.59. The van der Waals surface area contributed by atoms with Gasteiger partial charge >= 0.3 is 0 Å². The van der Waals surface area contributed by atoms with Crippen molar-refractivity contribution in [3.05, 3.63) is 29.1 Å². The minimum absolute atomic E-state index is 0.00798. The molecule has 0 aliphatic rings. The summed E-state index contributed by atoms with van der Waals surface area (Å²) in [6.07, 6.45) is 0. The number of hydrogen-bond acceptors (Lipinski definition) is 3. The van der Waals surface area contributed by atoms with E-state index in [-0.39, 0.29) is 22.7 Å². The Hall–Kier alpha value is -1.60. The molecule has 0 amide bonds. The van der Waals surface area contributed by atoms with Crippen LogP contribution >= 0.6 is 11.6 Å². The summed E-state index contributed by atoms with van der Waals surface area (Å²) < 4.78 is 13.2. The molecule has 0 unspecified atom stereocenters. The average Bonchev–Trinajstić information content (AvgIpc) is 2.19. The Bertz CT molecular complexity index is 426. The number of rotatable bonds is 2. The monoisotopic (exact) mass is 212 g/mol. The summed E-state index contributed by atoms with van der Waals surface area (Å²) in [5, 5.41) is 8.52. The van der Waals surface area contributed by atoms with Gasteiger partial charge in [0.25, 0.3) is 0 Å². The van der Waals surface area contributed by atoms with Gasteiger partial charge in [-0.1, -0.05) is 0 Å². The molecule has 0 spiro atoms. The highest BCUT2D eigenvalue weighted by Gasteiger charge is 2.13. The second kappa shape index (κ2) is 4.07. The lowest BCUT2D eigenvalue weighted by Crippen LogP contribution is -2.06. The lowest BCUT2D eigenvalue weighted by atomic mass is 10.1. The topological polar surface area (TPSA) is 66.9 Å². The van der Waals surface area contributed by atoms with E-state index in [0.29, 0.717) is 0 Å². The number of nitrogens with zero attached hydrogens (tertiary/aromatic N) is 1. The molecule has 1 rings (SSSR count). The molecule has 1 aromatic rings. The summed E-state index contributed by atoms with van der Waals surface area (Å²) in [7, 11) is 0. The Labute approximate surface area is 84.9 Å². The molecule has 14 heavy (non-hydrogen) atoms. The van der Waals surface area contributed by atoms with Crippen LogP contribution in [0.4, 0.5) is 10.1 Å². The molecule has 72 valence electrons. The molecular formula is C9H6ClFN2O. The third-order valence-corrected chi connectivity index (χ3v) is 1.92. The number of Topliss-reactive ketones (excluding diaryl/α,β-unsaturated/α-hetero) is 1. The van der Waals surface area contributed by atoms with E-state index in [1.807, 2.05) is 0 Å². The Morgan fingerprint density at radius 3 is 2.79 bits per heavy atom. The molecule has 0 fully saturated rings. The van der Waals surface area contributed by atoms with Crippen LogP contribution in [0.5, 0.6) is 0 Å². The van der Waals surface area contributed by atoms with Gasteiger partial charge in [0.2, 0.25) is 0 Å². The highest BCUT2D eigenvalue weighted by Crippen LogP contribution is 2.18. The number of carbonyl (C=O) groups excluding carboxylic acids is 1. The third kappa shape index (κ3) is 1.83. The number of anilines is 1. The molecule has 0 atom stereocenters. The first-order valence-corrected chi connectivity index (χ1v) is 4.22. The fourth-order valence-electron chi connectivity index (χ4n) is 0.972. The minimum Gasteiger partial charge on any atom is -0.398 e. The van der Waals surface area contributed by atoms with Crippen molar-refractivity contribution in [3.63, 3.8) is 0 Å². The Morgan fingerprint density at radius 1 is 1.64 bits per heavy atom. The standard InChI is InChI=1S/C9H6ClFN2O/c10-3-9(14)6-2-8(13)5(4-12)1-7(6)11/h1-2H,3,13H2. The van der Waals surface area contributed by atoms with E-state index in [4.69, 9.17) is 22.6 Å². The quantitative estimate of drug-likeness (QED) is 0.461. The van der Waals surface area contributed by atoms with E-state index in [2.05, 4.69) is 0 Å². The Balaban J connectivity index is 3.30. The van der Waals surface area contributed by atoms with Gasteiger partial charge in [0, 0.05) is 0 Å². The van der Waals surface area contributed by atoms with Crippen LogP contribution in [0.25, 0.3) is 0 Å². The van der Waals surface area contributed by atoms with Crippen molar-refractivity contribution in [1.29, 1.82) is 5.26 Å². The van der Waals surface area contributed by atoms with Crippen molar-refractivity contribution < 1.29 is 9.18 Å². The predicted molar refractivity (Wildman–Crippen MR) is 50.6 cm³/mol. The summed E-state index contributed by atoms with van der Waals surface area (Å²) in [5.41, 5.74) is 5.30. The normalized spacial score (nSPS) is 9.50. The van der Waals surface area contributed by atoms with Crippen molar-refractivity contribution >= 4 is 23.1 Å². The van der Waals surface area contributed by atoms with Crippen LogP contribution in [0.15, 0.2) is 12.1 Å². The van der Waals surface area contributed by atoms with Crippen molar-refractivity contribution in [2.24, 2.45) is 0 Å². The van der Waals surface area contributed by atoms with Crippen LogP contribution in [0.3, 0.4) is 0 Å². The molecule has 2 N–H and O–H groups in total. The molecule has 0 heterocycles. The molecule has 0 saturated carbocycles. The maximum Gasteiger partial charge on any atom is 0.180 e. The van der Waals surface area contributed by atoms with Gasteiger partial charge in [-0.25, -0.2) is 4.39 Å². The number of ketones is 1. The summed E-state index contributed by atoms with van der Waals surface area (Å²) in [6.45, 7) is 0. The molecule has 0 aliphatic carbocycles. The first-order chi connectivity index (χ1) is 6.60. The lowest BCUT2D eigenvalue weighted by Gasteiger charge is -2.02. The van der Waals surface area contributed by atoms with E-state index in [9.17, 15) is 9.18 Å². The molecule has 1 aromatic carbocycles. The van der Waals surface area contributed by atoms with E-state index >= 15 is 0 Å². The largest absolute Gasteiger partial charge is 0.398 e. The van der Waals surface area contributed by atoms with Gasteiger partial charge in [-0.05, 0) is 12.1 Å². The van der Waals surface area contributed by atoms with Crippen LogP contribution in [0.1, 0.15) is 15.9 Å². The zero-order chi connectivity index (χ0) is 10.7. The van der Waals surface area contributed by atoms with Crippen LogP contribution in [-0.2, 0) is 0 Å². The van der Waals surface area contributed by atoms with Crippen LogP contribution in [-0.4, -0.2) is 11.7 Å². The molecule has 0 bridgehead atoms. The van der Waals surface area contributed by atoms with Crippen LogP contribution < -0.4 is 5.73 Å². The van der Waals surface area contributed by atoms with Gasteiger partial charge < -0.3 is 5.73 Å². The van der Waals surface area contributed by atoms with Crippen molar-refractivity contribution in [2.45, 2.75) is 0 Å². The number of nitriles is 1. The van der Waals surface area contributed by atoms with E-state index in [0.717, 1.165) is 12.1 Å². The van der Waals surface area contributed by atoms with Gasteiger partial charge in [0.15, 0.2) is 5.78 Å². The SMILES string of the molecule is N#Cc1cc(F)c(C(=O)CCl)cc1N. The third-order valence-electron chi connectivity index (χ3n) is 1.68. The summed E-state index contributed by atoms with van der Waals surface area (Å²) in [4.78, 5) is 11.1. The Morgan fingerprint density at radius 2 is 2.29 bits per heavy atom. The fraction of sp³-hybridized carbons (Fsp3) is 0.111. The Kier molecular flexibility index (Phi) is 3.05. The summed E-state index contributed by atoms with van der Waals surface area (Å²) in [5.74, 6) is -1.65. The maximum absolute atomic E-state index is 13.2. The van der Waals surface area contributed by atoms with Gasteiger partial charge in [0.1, 0.15) is 11.9 Å². The first-order valence-electron chi connectivity index (χ1n) is 3.68. The average molecular weight is 213 g/mol. The molecule has 3 nitrogen and oxygen atoms in total. The number of nitrogen functional groups attached to an aromatic ring is 1. The van der Waals surface area contributed by atoms with Gasteiger partial charge in [-0.15, -0.1) is 11.6 Å². The first kappa shape index (κ1) is 10.5. The lowest BCUT2D eigenvalue weighted by molar-refractivity contribution is 0.101. The smallest absolute Gasteiger partial charge is 0.180 e. The number of hydrogen-bond donors (Lipinski definition) is 1. The predicted octanol–water partition coefficient (Wildman–Crippen LogP) is 1.70. The maximum atomic E-state index is 13.2. The molecule has 5 heteroatoms. The van der Waals surface area contributed by atoms with Crippen LogP contribution in [0, 0.1) is 17.1 Å². The molecule has 0 aliphatic heterocycles. The number of alkyl halides is 1. The zero-order valence-corrected chi connectivity index (χ0v) is 7.81. The van der Waals surface area contributed by atoms with Crippen LogP contribution in [0.2, 0.25) is 0 Å². The molecular weight excluding hydrogens is 207 g/mol.